The zero-order valence-corrected chi connectivity index (χ0v) is 21.9. The summed E-state index contributed by atoms with van der Waals surface area (Å²) in [6.45, 7) is 18.1. The SMILES string of the molecule is CC1=N[C](C)([Hf]([N](C)C)([N](C)C)[C]2(C)N=C(C)C(C)=C2C)C(C)=C1C. The van der Waals surface area contributed by atoms with Crippen molar-refractivity contribution in [1.82, 2.24) is 5.78 Å². The van der Waals surface area contributed by atoms with Crippen LogP contribution in [0.2, 0.25) is 0 Å². The molecular formula is C20H36HfN4. The van der Waals surface area contributed by atoms with E-state index in [2.05, 4.69) is 89.4 Å². The predicted octanol–water partition coefficient (Wildman–Crippen LogP) is 4.15. The van der Waals surface area contributed by atoms with E-state index in [1.54, 1.807) is 0 Å². The van der Waals surface area contributed by atoms with Gasteiger partial charge in [-0.15, -0.1) is 0 Å². The monoisotopic (exact) mass is 512 g/mol. The van der Waals surface area contributed by atoms with Gasteiger partial charge in [-0.2, -0.15) is 0 Å². The summed E-state index contributed by atoms with van der Waals surface area (Å²) in [5.74, 6) is 0. The van der Waals surface area contributed by atoms with Gasteiger partial charge in [-0.05, 0) is 0 Å². The van der Waals surface area contributed by atoms with E-state index in [1.807, 2.05) is 0 Å². The minimum atomic E-state index is -3.67. The fraction of sp³-hybridized carbons (Fsp3) is 0.700. The van der Waals surface area contributed by atoms with Crippen LogP contribution in [0.15, 0.2) is 32.3 Å². The number of nitrogens with zero attached hydrogens (tertiary/aromatic N) is 4. The Labute approximate surface area is 159 Å². The molecular weight excluding hydrogens is 475 g/mol. The molecule has 140 valence electrons. The van der Waals surface area contributed by atoms with Crippen molar-refractivity contribution >= 4 is 11.4 Å². The standard InChI is InChI=1S/2C8H12N.2C2H6N.Hf/c2*1-5-6(2)8(4)9-7(5)3;2*1-3-2;/h2*1-4H3;2*1-2H3;/q;;2*-1;+2. The molecule has 4 nitrogen and oxygen atoms in total. The maximum atomic E-state index is 5.34. The first-order chi connectivity index (χ1) is 11.3. The number of aliphatic imine (C=N–C) groups is 2. The Morgan fingerprint density at radius 3 is 1.08 bits per heavy atom. The molecule has 2 rings (SSSR count). The summed E-state index contributed by atoms with van der Waals surface area (Å²) >= 11 is -3.67. The average molecular weight is 511 g/mol. The molecule has 0 N–H and O–H groups in total. The molecule has 2 heterocycles. The molecule has 0 aliphatic carbocycles. The second kappa shape index (κ2) is 6.35. The van der Waals surface area contributed by atoms with Crippen LogP contribution in [-0.4, -0.2) is 52.0 Å². The van der Waals surface area contributed by atoms with Crippen molar-refractivity contribution < 1.29 is 20.5 Å². The molecule has 0 spiro atoms. The van der Waals surface area contributed by atoms with Gasteiger partial charge in [0.25, 0.3) is 0 Å². The number of hydrogen-bond donors (Lipinski definition) is 0. The van der Waals surface area contributed by atoms with E-state index >= 15 is 0 Å². The Hall–Kier alpha value is -0.390. The van der Waals surface area contributed by atoms with Crippen LogP contribution in [0.3, 0.4) is 0 Å². The molecule has 0 saturated carbocycles. The summed E-state index contributed by atoms with van der Waals surface area (Å²) < 4.78 is 4.76. The normalized spacial score (nSPS) is 30.8. The Balaban J connectivity index is 2.94. The van der Waals surface area contributed by atoms with Gasteiger partial charge in [-0.25, -0.2) is 0 Å². The van der Waals surface area contributed by atoms with E-state index in [9.17, 15) is 0 Å². The van der Waals surface area contributed by atoms with E-state index < -0.39 is 20.5 Å². The molecule has 0 bridgehead atoms. The topological polar surface area (TPSA) is 31.2 Å². The quantitative estimate of drug-likeness (QED) is 0.532. The maximum absolute atomic E-state index is 5.34. The minimum absolute atomic E-state index is 0.168. The number of allylic oxidation sites excluding steroid dienone is 2. The van der Waals surface area contributed by atoms with Gasteiger partial charge in [-0.1, -0.05) is 0 Å². The molecule has 2 aliphatic rings. The third kappa shape index (κ3) is 2.41. The predicted molar refractivity (Wildman–Crippen MR) is 107 cm³/mol. The van der Waals surface area contributed by atoms with Crippen LogP contribution < -0.4 is 0 Å². The first-order valence-corrected chi connectivity index (χ1v) is 15.9. The fourth-order valence-electron chi connectivity index (χ4n) is 5.57. The van der Waals surface area contributed by atoms with E-state index in [0.29, 0.717) is 0 Å². The molecule has 0 radical (unpaired) electrons. The van der Waals surface area contributed by atoms with E-state index in [4.69, 9.17) is 9.98 Å². The van der Waals surface area contributed by atoms with Gasteiger partial charge < -0.3 is 0 Å². The Bertz CT molecular complexity index is 664. The van der Waals surface area contributed by atoms with Crippen molar-refractivity contribution in [2.45, 2.75) is 62.0 Å². The number of hydrogen-bond acceptors (Lipinski definition) is 4. The van der Waals surface area contributed by atoms with Crippen LogP contribution in [0.5, 0.6) is 0 Å². The summed E-state index contributed by atoms with van der Waals surface area (Å²) in [5.41, 5.74) is 7.95. The molecule has 0 aromatic carbocycles. The van der Waals surface area contributed by atoms with Crippen LogP contribution in [0, 0.1) is 0 Å². The van der Waals surface area contributed by atoms with Crippen LogP contribution in [0.25, 0.3) is 0 Å². The van der Waals surface area contributed by atoms with Crippen molar-refractivity contribution in [3.63, 3.8) is 0 Å². The van der Waals surface area contributed by atoms with Crippen LogP contribution in [-0.2, 0) is 20.5 Å². The molecule has 0 aromatic heterocycles. The van der Waals surface area contributed by atoms with Gasteiger partial charge in [0.15, 0.2) is 0 Å². The third-order valence-corrected chi connectivity index (χ3v) is 29.7. The average Bonchev–Trinajstić information content (AvgIpc) is 2.80. The molecule has 0 aromatic rings. The van der Waals surface area contributed by atoms with Gasteiger partial charge in [0.2, 0.25) is 0 Å². The fourth-order valence-corrected chi connectivity index (χ4v) is 31.8. The second-order valence-electron chi connectivity index (χ2n) is 8.50. The van der Waals surface area contributed by atoms with Crippen molar-refractivity contribution in [2.24, 2.45) is 9.98 Å². The molecule has 2 unspecified atom stereocenters. The van der Waals surface area contributed by atoms with Crippen LogP contribution in [0.1, 0.15) is 55.4 Å². The van der Waals surface area contributed by atoms with Gasteiger partial charge >= 0.3 is 160 Å². The molecule has 0 fully saturated rings. The zero-order valence-electron chi connectivity index (χ0n) is 18.3. The van der Waals surface area contributed by atoms with Crippen molar-refractivity contribution in [3.05, 3.63) is 22.3 Å². The molecule has 2 atom stereocenters. The molecule has 0 amide bonds. The first kappa shape index (κ1) is 20.9. The summed E-state index contributed by atoms with van der Waals surface area (Å²) in [5, 5.41) is 0. The third-order valence-electron chi connectivity index (χ3n) is 7.11. The summed E-state index contributed by atoms with van der Waals surface area (Å²) in [4.78, 5) is 10.7. The number of rotatable bonds is 4. The van der Waals surface area contributed by atoms with Crippen LogP contribution >= 0.6 is 0 Å². The second-order valence-corrected chi connectivity index (χ2v) is 26.8. The van der Waals surface area contributed by atoms with Gasteiger partial charge in [0.1, 0.15) is 0 Å². The summed E-state index contributed by atoms with van der Waals surface area (Å²) in [6, 6.07) is 0. The first-order valence-electron chi connectivity index (χ1n) is 9.13. The van der Waals surface area contributed by atoms with E-state index in [0.717, 1.165) is 0 Å². The van der Waals surface area contributed by atoms with E-state index in [1.165, 1.54) is 33.7 Å². The van der Waals surface area contributed by atoms with Crippen molar-refractivity contribution in [1.29, 1.82) is 0 Å². The van der Waals surface area contributed by atoms with E-state index in [-0.39, 0.29) is 6.59 Å². The molecule has 2 aliphatic heterocycles. The Morgan fingerprint density at radius 1 is 0.640 bits per heavy atom. The molecule has 0 saturated heterocycles. The van der Waals surface area contributed by atoms with Gasteiger partial charge in [-0.3, -0.25) is 0 Å². The Morgan fingerprint density at radius 2 is 0.920 bits per heavy atom. The molecule has 5 heteroatoms. The van der Waals surface area contributed by atoms with Crippen molar-refractivity contribution in [3.8, 4) is 0 Å². The zero-order chi connectivity index (χ0) is 19.5. The van der Waals surface area contributed by atoms with Gasteiger partial charge in [0, 0.05) is 0 Å². The summed E-state index contributed by atoms with van der Waals surface area (Å²) in [6.07, 6.45) is 0. The van der Waals surface area contributed by atoms with Crippen LogP contribution in [0.4, 0.5) is 0 Å². The van der Waals surface area contributed by atoms with Gasteiger partial charge in [0.05, 0.1) is 0 Å². The van der Waals surface area contributed by atoms with Crippen molar-refractivity contribution in [2.75, 3.05) is 28.2 Å². The summed E-state index contributed by atoms with van der Waals surface area (Å²) in [7, 11) is 9.04. The Kier molecular flexibility index (Phi) is 5.31. The molecule has 25 heavy (non-hydrogen) atoms.